The molecule has 1 N–H and O–H groups in total. The Hall–Kier alpha value is -2.26. The molecule has 0 saturated carbocycles. The van der Waals surface area contributed by atoms with Gasteiger partial charge >= 0.3 is 0 Å². The summed E-state index contributed by atoms with van der Waals surface area (Å²) in [5, 5.41) is 0. The first-order chi connectivity index (χ1) is 11.7. The molecule has 0 spiro atoms. The maximum Gasteiger partial charge on any atom is 0.254 e. The van der Waals surface area contributed by atoms with Crippen molar-refractivity contribution in [1.29, 1.82) is 0 Å². The van der Waals surface area contributed by atoms with E-state index < -0.39 is 15.8 Å². The van der Waals surface area contributed by atoms with Gasteiger partial charge in [0.2, 0.25) is 10.0 Å². The van der Waals surface area contributed by atoms with E-state index in [1.165, 1.54) is 6.07 Å². The summed E-state index contributed by atoms with van der Waals surface area (Å²) >= 11 is 0. The van der Waals surface area contributed by atoms with E-state index >= 15 is 0 Å². The molecule has 0 unspecified atom stereocenters. The molecular weight excluding hydrogens is 347 g/mol. The number of hydrogen-bond acceptors (Lipinski definition) is 4. The van der Waals surface area contributed by atoms with Gasteiger partial charge in [-0.2, -0.15) is 0 Å². The molecule has 1 aromatic heterocycles. The number of nitrogens with zero attached hydrogens (tertiary/aromatic N) is 3. The highest BCUT2D eigenvalue weighted by atomic mass is 32.2. The van der Waals surface area contributed by atoms with Gasteiger partial charge in [-0.25, -0.2) is 22.5 Å². The van der Waals surface area contributed by atoms with Crippen LogP contribution in [0, 0.1) is 12.7 Å². The first-order valence-electron chi connectivity index (χ1n) is 7.75. The summed E-state index contributed by atoms with van der Waals surface area (Å²) in [5.74, 6) is -0.723. The van der Waals surface area contributed by atoms with Crippen LogP contribution in [0.3, 0.4) is 0 Å². The van der Waals surface area contributed by atoms with E-state index in [9.17, 15) is 17.6 Å². The van der Waals surface area contributed by atoms with Crippen molar-refractivity contribution >= 4 is 15.9 Å². The van der Waals surface area contributed by atoms with Crippen LogP contribution in [-0.2, 0) is 16.6 Å². The molecule has 3 rings (SSSR count). The quantitative estimate of drug-likeness (QED) is 0.877. The van der Waals surface area contributed by atoms with Gasteiger partial charge in [-0.3, -0.25) is 4.79 Å². The third-order valence-corrected chi connectivity index (χ3v) is 4.90. The molecule has 1 atom stereocenters. The molecule has 7 nitrogen and oxygen atoms in total. The van der Waals surface area contributed by atoms with E-state index in [1.807, 2.05) is 4.57 Å². The minimum Gasteiger partial charge on any atom is -0.331 e. The van der Waals surface area contributed by atoms with Crippen molar-refractivity contribution in [2.24, 2.45) is 0 Å². The lowest BCUT2D eigenvalue weighted by atomic mass is 10.1. The third kappa shape index (κ3) is 3.88. The Morgan fingerprint density at radius 3 is 2.88 bits per heavy atom. The fraction of sp³-hybridized carbons (Fsp3) is 0.375. The molecular formula is C16H19FN4O3S. The second-order valence-corrected chi connectivity index (χ2v) is 8.05. The van der Waals surface area contributed by atoms with Crippen LogP contribution in [-0.4, -0.2) is 48.1 Å². The van der Waals surface area contributed by atoms with Gasteiger partial charge in [-0.1, -0.05) is 6.07 Å². The zero-order valence-electron chi connectivity index (χ0n) is 13.9. The summed E-state index contributed by atoms with van der Waals surface area (Å²) in [4.78, 5) is 18.4. The smallest absolute Gasteiger partial charge is 0.254 e. The number of imidazole rings is 1. The number of fused-ring (bicyclic) bond motifs is 1. The van der Waals surface area contributed by atoms with Crippen molar-refractivity contribution in [1.82, 2.24) is 19.2 Å². The minimum atomic E-state index is -3.35. The van der Waals surface area contributed by atoms with Crippen LogP contribution in [0.25, 0.3) is 0 Å². The van der Waals surface area contributed by atoms with Crippen molar-refractivity contribution in [3.63, 3.8) is 0 Å². The van der Waals surface area contributed by atoms with Crippen LogP contribution in [0.5, 0.6) is 0 Å². The minimum absolute atomic E-state index is 0.147. The number of aromatic nitrogens is 2. The molecule has 1 aromatic carbocycles. The van der Waals surface area contributed by atoms with Crippen molar-refractivity contribution in [2.75, 3.05) is 19.3 Å². The van der Waals surface area contributed by atoms with Gasteiger partial charge in [0.15, 0.2) is 0 Å². The standard InChI is InChI=1S/C16H19FN4O3S/c1-11-3-4-12(5-15(11)17)16(22)20-8-13-6-18-10-21(13)14(9-20)7-19-25(2,23)24/h3-6,10,14,19H,7-9H2,1-2H3/t14-/m0/s1. The second kappa shape index (κ2) is 6.57. The number of benzene rings is 1. The van der Waals surface area contributed by atoms with E-state index in [4.69, 9.17) is 0 Å². The largest absolute Gasteiger partial charge is 0.331 e. The van der Waals surface area contributed by atoms with E-state index in [0.717, 1.165) is 11.9 Å². The predicted molar refractivity (Wildman–Crippen MR) is 90.0 cm³/mol. The molecule has 2 aromatic rings. The fourth-order valence-corrected chi connectivity index (χ4v) is 3.35. The van der Waals surface area contributed by atoms with Crippen molar-refractivity contribution in [3.8, 4) is 0 Å². The maximum atomic E-state index is 13.8. The Bertz CT molecular complexity index is 910. The van der Waals surface area contributed by atoms with Crippen LogP contribution >= 0.6 is 0 Å². The number of aryl methyl sites for hydroxylation is 1. The molecule has 1 amide bonds. The van der Waals surface area contributed by atoms with E-state index in [1.54, 1.807) is 36.5 Å². The topological polar surface area (TPSA) is 84.3 Å². The molecule has 134 valence electrons. The molecule has 0 bridgehead atoms. The first-order valence-corrected chi connectivity index (χ1v) is 9.64. The van der Waals surface area contributed by atoms with Crippen LogP contribution < -0.4 is 4.72 Å². The van der Waals surface area contributed by atoms with Gasteiger partial charge in [0.25, 0.3) is 5.91 Å². The number of sulfonamides is 1. The summed E-state index contributed by atoms with van der Waals surface area (Å²) < 4.78 is 40.8. The lowest BCUT2D eigenvalue weighted by molar-refractivity contribution is 0.0680. The number of halogens is 1. The number of nitrogens with one attached hydrogen (secondary N) is 1. The predicted octanol–water partition coefficient (Wildman–Crippen LogP) is 1.08. The number of amides is 1. The van der Waals surface area contributed by atoms with Crippen molar-refractivity contribution < 1.29 is 17.6 Å². The first kappa shape index (κ1) is 17.6. The second-order valence-electron chi connectivity index (χ2n) is 6.22. The van der Waals surface area contributed by atoms with Gasteiger partial charge < -0.3 is 9.47 Å². The molecule has 25 heavy (non-hydrogen) atoms. The summed E-state index contributed by atoms with van der Waals surface area (Å²) in [6, 6.07) is 4.11. The summed E-state index contributed by atoms with van der Waals surface area (Å²) in [7, 11) is -3.35. The summed E-state index contributed by atoms with van der Waals surface area (Å²) in [6.45, 7) is 2.42. The van der Waals surface area contributed by atoms with Crippen LogP contribution in [0.1, 0.15) is 27.7 Å². The molecule has 2 heterocycles. The highest BCUT2D eigenvalue weighted by Crippen LogP contribution is 2.23. The van der Waals surface area contributed by atoms with Gasteiger partial charge in [-0.15, -0.1) is 0 Å². The van der Waals surface area contributed by atoms with Gasteiger partial charge in [-0.05, 0) is 24.6 Å². The monoisotopic (exact) mass is 366 g/mol. The van der Waals surface area contributed by atoms with Gasteiger partial charge in [0.1, 0.15) is 5.82 Å². The molecule has 1 aliphatic rings. The summed E-state index contributed by atoms with van der Waals surface area (Å²) in [5.41, 5.74) is 1.54. The highest BCUT2D eigenvalue weighted by Gasteiger charge is 2.29. The third-order valence-electron chi connectivity index (χ3n) is 4.21. The molecule has 0 fully saturated rings. The fourth-order valence-electron chi connectivity index (χ4n) is 2.86. The Labute approximate surface area is 145 Å². The lowest BCUT2D eigenvalue weighted by Gasteiger charge is -2.34. The number of carbonyl (C=O) groups excluding carboxylic acids is 1. The zero-order valence-corrected chi connectivity index (χ0v) is 14.8. The maximum absolute atomic E-state index is 13.8. The molecule has 0 saturated heterocycles. The SMILES string of the molecule is Cc1ccc(C(=O)N2Cc3cncn3[C@@H](CNS(C)(=O)=O)C2)cc1F. The Balaban J connectivity index is 1.83. The normalized spacial score (nSPS) is 17.4. The number of rotatable bonds is 4. The Kier molecular flexibility index (Phi) is 4.61. The van der Waals surface area contributed by atoms with E-state index in [-0.39, 0.29) is 24.1 Å². The highest BCUT2D eigenvalue weighted by molar-refractivity contribution is 7.88. The van der Waals surface area contributed by atoms with Crippen molar-refractivity contribution in [2.45, 2.75) is 19.5 Å². The van der Waals surface area contributed by atoms with Crippen molar-refractivity contribution in [3.05, 3.63) is 53.4 Å². The Morgan fingerprint density at radius 1 is 1.44 bits per heavy atom. The van der Waals surface area contributed by atoms with Crippen LogP contribution in [0.4, 0.5) is 4.39 Å². The Morgan fingerprint density at radius 2 is 2.20 bits per heavy atom. The molecule has 9 heteroatoms. The van der Waals surface area contributed by atoms with E-state index in [2.05, 4.69) is 9.71 Å². The molecule has 1 aliphatic heterocycles. The molecule has 0 radical (unpaired) electrons. The average molecular weight is 366 g/mol. The van der Waals surface area contributed by atoms with Crippen LogP contribution in [0.2, 0.25) is 0 Å². The molecule has 0 aliphatic carbocycles. The number of carbonyl (C=O) groups is 1. The zero-order chi connectivity index (χ0) is 18.2. The van der Waals surface area contributed by atoms with Gasteiger partial charge in [0, 0.05) is 24.8 Å². The average Bonchev–Trinajstić information content (AvgIpc) is 3.02. The van der Waals surface area contributed by atoms with E-state index in [0.29, 0.717) is 18.7 Å². The summed E-state index contributed by atoms with van der Waals surface area (Å²) in [6.07, 6.45) is 4.35. The number of hydrogen-bond donors (Lipinski definition) is 1. The lowest BCUT2D eigenvalue weighted by Crippen LogP contribution is -2.44. The van der Waals surface area contributed by atoms with Gasteiger partial charge in [0.05, 0.1) is 30.9 Å². The van der Waals surface area contributed by atoms with Crippen LogP contribution in [0.15, 0.2) is 30.7 Å².